The topological polar surface area (TPSA) is 46.3 Å². The van der Waals surface area contributed by atoms with Crippen LogP contribution in [0.4, 0.5) is 0 Å². The molecule has 21 heavy (non-hydrogen) atoms. The fraction of sp³-hybridized carbons (Fsp3) is 0.688. The molecule has 1 aromatic heterocycles. The minimum Gasteiger partial charge on any atom is -0.337 e. The average molecular weight is 327 g/mol. The van der Waals surface area contributed by atoms with E-state index in [1.54, 1.807) is 11.3 Å². The summed E-state index contributed by atoms with van der Waals surface area (Å²) in [6.07, 6.45) is 2.09. The van der Waals surface area contributed by atoms with Gasteiger partial charge < -0.3 is 10.6 Å². The van der Waals surface area contributed by atoms with E-state index in [-0.39, 0.29) is 11.3 Å². The van der Waals surface area contributed by atoms with E-state index in [9.17, 15) is 4.79 Å². The Bertz CT molecular complexity index is 473. The van der Waals surface area contributed by atoms with Gasteiger partial charge >= 0.3 is 0 Å². The number of carbonyl (C=O) groups excluding carboxylic acids is 1. The summed E-state index contributed by atoms with van der Waals surface area (Å²) in [5.41, 5.74) is 7.17. The Morgan fingerprint density at radius 1 is 1.48 bits per heavy atom. The number of rotatable bonds is 6. The van der Waals surface area contributed by atoms with Crippen LogP contribution in [0.3, 0.4) is 0 Å². The zero-order chi connectivity index (χ0) is 15.5. The molecular formula is C16H26N2OS2. The van der Waals surface area contributed by atoms with Gasteiger partial charge in [-0.25, -0.2) is 0 Å². The molecule has 0 bridgehead atoms. The molecule has 2 N–H and O–H groups in total. The van der Waals surface area contributed by atoms with Gasteiger partial charge in [0.2, 0.25) is 0 Å². The van der Waals surface area contributed by atoms with Crippen molar-refractivity contribution in [2.75, 3.05) is 25.4 Å². The maximum absolute atomic E-state index is 12.8. The second-order valence-corrected chi connectivity index (χ2v) is 8.70. The lowest BCUT2D eigenvalue weighted by atomic mass is 9.93. The van der Waals surface area contributed by atoms with Crippen LogP contribution in [0.2, 0.25) is 0 Å². The maximum atomic E-state index is 12.8. The number of thiophene rings is 1. The van der Waals surface area contributed by atoms with Crippen molar-refractivity contribution in [1.29, 1.82) is 0 Å². The first kappa shape index (κ1) is 16.8. The summed E-state index contributed by atoms with van der Waals surface area (Å²) in [7, 11) is 0. The van der Waals surface area contributed by atoms with Gasteiger partial charge in [-0.15, -0.1) is 11.3 Å². The molecule has 2 rings (SSSR count). The monoisotopic (exact) mass is 326 g/mol. The Morgan fingerprint density at radius 3 is 2.86 bits per heavy atom. The highest BCUT2D eigenvalue weighted by molar-refractivity contribution is 7.98. The van der Waals surface area contributed by atoms with Gasteiger partial charge in [-0.2, -0.15) is 11.8 Å². The molecule has 2 heterocycles. The Morgan fingerprint density at radius 2 is 2.24 bits per heavy atom. The van der Waals surface area contributed by atoms with E-state index in [2.05, 4.69) is 26.8 Å². The Labute approximate surface area is 136 Å². The third-order valence-electron chi connectivity index (χ3n) is 3.79. The summed E-state index contributed by atoms with van der Waals surface area (Å²) >= 11 is 3.66. The first-order valence-electron chi connectivity index (χ1n) is 7.65. The van der Waals surface area contributed by atoms with Gasteiger partial charge in [0, 0.05) is 23.7 Å². The highest BCUT2D eigenvalue weighted by Crippen LogP contribution is 2.32. The second kappa shape index (κ2) is 7.16. The molecule has 0 saturated carbocycles. The largest absolute Gasteiger partial charge is 0.337 e. The number of amides is 1. The van der Waals surface area contributed by atoms with Crippen LogP contribution in [-0.2, 0) is 12.2 Å². The van der Waals surface area contributed by atoms with Crippen molar-refractivity contribution in [3.8, 4) is 0 Å². The van der Waals surface area contributed by atoms with Crippen LogP contribution >= 0.6 is 23.1 Å². The zero-order valence-corrected chi connectivity index (χ0v) is 14.9. The summed E-state index contributed by atoms with van der Waals surface area (Å²) in [5, 5.41) is 0. The van der Waals surface area contributed by atoms with Crippen LogP contribution in [0, 0.1) is 5.41 Å². The fourth-order valence-corrected chi connectivity index (χ4v) is 4.85. The van der Waals surface area contributed by atoms with E-state index in [0.717, 1.165) is 36.6 Å². The van der Waals surface area contributed by atoms with E-state index in [1.807, 2.05) is 16.7 Å². The third-order valence-corrected chi connectivity index (χ3v) is 6.02. The minimum atomic E-state index is -0.0302. The molecule has 1 aromatic rings. The van der Waals surface area contributed by atoms with Gasteiger partial charge in [0.05, 0.1) is 4.88 Å². The van der Waals surface area contributed by atoms with Crippen LogP contribution in [-0.4, -0.2) is 36.2 Å². The molecular weight excluding hydrogens is 300 g/mol. The van der Waals surface area contributed by atoms with E-state index >= 15 is 0 Å². The summed E-state index contributed by atoms with van der Waals surface area (Å²) in [5.74, 6) is 2.42. The third kappa shape index (κ3) is 4.24. The van der Waals surface area contributed by atoms with Crippen molar-refractivity contribution >= 4 is 29.0 Å². The number of hydrogen-bond acceptors (Lipinski definition) is 4. The maximum Gasteiger partial charge on any atom is 0.263 e. The molecule has 1 aliphatic heterocycles. The van der Waals surface area contributed by atoms with Crippen molar-refractivity contribution in [1.82, 2.24) is 4.90 Å². The average Bonchev–Trinajstić information content (AvgIpc) is 2.89. The first-order chi connectivity index (χ1) is 9.96. The summed E-state index contributed by atoms with van der Waals surface area (Å²) < 4.78 is 0. The predicted octanol–water partition coefficient (Wildman–Crippen LogP) is 3.37. The van der Waals surface area contributed by atoms with Crippen molar-refractivity contribution in [3.05, 3.63) is 21.4 Å². The molecule has 3 nitrogen and oxygen atoms in total. The molecule has 0 saturated heterocycles. The lowest BCUT2D eigenvalue weighted by Gasteiger charge is -2.31. The van der Waals surface area contributed by atoms with E-state index in [1.165, 1.54) is 16.2 Å². The molecule has 5 heteroatoms. The van der Waals surface area contributed by atoms with Gasteiger partial charge in [-0.05, 0) is 42.2 Å². The molecule has 0 aromatic carbocycles. The van der Waals surface area contributed by atoms with Crippen LogP contribution in [0.15, 0.2) is 6.07 Å². The van der Waals surface area contributed by atoms with Crippen LogP contribution in [0.1, 0.15) is 47.3 Å². The standard InChI is InChI=1S/C16H26N2OS2/c1-4-6-18(11-16(2,3)10-17)15(19)14-8-12-9-20-7-5-13(12)21-14/h8H,4-7,9-11,17H2,1-3H3. The van der Waals surface area contributed by atoms with Gasteiger partial charge in [0.25, 0.3) is 5.91 Å². The number of fused-ring (bicyclic) bond motifs is 1. The highest BCUT2D eigenvalue weighted by Gasteiger charge is 2.26. The molecule has 1 amide bonds. The second-order valence-electron chi connectivity index (χ2n) is 6.46. The fourth-order valence-electron chi connectivity index (χ4n) is 2.51. The molecule has 0 aliphatic carbocycles. The molecule has 0 spiro atoms. The molecule has 118 valence electrons. The van der Waals surface area contributed by atoms with E-state index in [4.69, 9.17) is 5.73 Å². The van der Waals surface area contributed by atoms with E-state index in [0.29, 0.717) is 6.54 Å². The van der Waals surface area contributed by atoms with Crippen LogP contribution in [0.25, 0.3) is 0 Å². The minimum absolute atomic E-state index is 0.0302. The number of aryl methyl sites for hydroxylation is 1. The number of hydrogen-bond donors (Lipinski definition) is 1. The SMILES string of the molecule is CCCN(CC(C)(C)CN)C(=O)c1cc2c(s1)CCSC2. The van der Waals surface area contributed by atoms with Crippen molar-refractivity contribution in [2.45, 2.75) is 39.4 Å². The van der Waals surface area contributed by atoms with Crippen molar-refractivity contribution < 1.29 is 4.79 Å². The smallest absolute Gasteiger partial charge is 0.263 e. The molecule has 0 fully saturated rings. The lowest BCUT2D eigenvalue weighted by Crippen LogP contribution is -2.42. The Balaban J connectivity index is 2.15. The quantitative estimate of drug-likeness (QED) is 0.872. The van der Waals surface area contributed by atoms with Gasteiger partial charge in [-0.1, -0.05) is 20.8 Å². The van der Waals surface area contributed by atoms with Crippen molar-refractivity contribution in [3.63, 3.8) is 0 Å². The summed E-state index contributed by atoms with van der Waals surface area (Å²) in [4.78, 5) is 17.1. The van der Waals surface area contributed by atoms with Crippen LogP contribution in [0.5, 0.6) is 0 Å². The van der Waals surface area contributed by atoms with Gasteiger partial charge in [0.1, 0.15) is 0 Å². The summed E-state index contributed by atoms with van der Waals surface area (Å²) in [6.45, 7) is 8.50. The Hall–Kier alpha value is -0.520. The predicted molar refractivity (Wildman–Crippen MR) is 93.2 cm³/mol. The molecule has 0 unspecified atom stereocenters. The zero-order valence-electron chi connectivity index (χ0n) is 13.3. The normalized spacial score (nSPS) is 14.9. The molecule has 0 atom stereocenters. The van der Waals surface area contributed by atoms with E-state index < -0.39 is 0 Å². The van der Waals surface area contributed by atoms with Gasteiger partial charge in [-0.3, -0.25) is 4.79 Å². The Kier molecular flexibility index (Phi) is 5.74. The number of thioether (sulfide) groups is 1. The van der Waals surface area contributed by atoms with Crippen molar-refractivity contribution in [2.24, 2.45) is 11.1 Å². The summed E-state index contributed by atoms with van der Waals surface area (Å²) in [6, 6.07) is 2.12. The first-order valence-corrected chi connectivity index (χ1v) is 9.62. The number of carbonyl (C=O) groups is 1. The van der Waals surface area contributed by atoms with Gasteiger partial charge in [0.15, 0.2) is 0 Å². The molecule has 0 radical (unpaired) electrons. The van der Waals surface area contributed by atoms with Crippen LogP contribution < -0.4 is 5.73 Å². The lowest BCUT2D eigenvalue weighted by molar-refractivity contribution is 0.0694. The highest BCUT2D eigenvalue weighted by atomic mass is 32.2. The molecule has 1 aliphatic rings. The number of nitrogens with zero attached hydrogens (tertiary/aromatic N) is 1. The number of nitrogens with two attached hydrogens (primary N) is 1.